The molecule has 0 spiro atoms. The van der Waals surface area contributed by atoms with E-state index in [0.29, 0.717) is 11.8 Å². The van der Waals surface area contributed by atoms with Crippen molar-refractivity contribution in [1.29, 1.82) is 0 Å². The van der Waals surface area contributed by atoms with Gasteiger partial charge in [-0.1, -0.05) is 17.7 Å². The van der Waals surface area contributed by atoms with E-state index in [4.69, 9.17) is 16.3 Å². The maximum atomic E-state index is 6.11. The number of nitrogens with zero attached hydrogens (tertiary/aromatic N) is 5. The topological polar surface area (TPSA) is 55.0 Å². The van der Waals surface area contributed by atoms with E-state index in [9.17, 15) is 0 Å². The smallest absolute Gasteiger partial charge is 0.177 e. The quantitative estimate of drug-likeness (QED) is 0.851. The second-order valence-corrected chi connectivity index (χ2v) is 5.45. The van der Waals surface area contributed by atoms with Crippen LogP contribution < -0.4 is 4.90 Å². The number of hydrogen-bond acceptors (Lipinski definition) is 5. The van der Waals surface area contributed by atoms with Crippen LogP contribution in [0.15, 0.2) is 35.7 Å². The van der Waals surface area contributed by atoms with Crippen LogP contribution in [0.3, 0.4) is 0 Å². The minimum absolute atomic E-state index is 0.0238. The van der Waals surface area contributed by atoms with E-state index >= 15 is 0 Å². The Labute approximate surface area is 126 Å². The summed E-state index contributed by atoms with van der Waals surface area (Å²) in [5.41, 5.74) is 2.88. The van der Waals surface area contributed by atoms with E-state index in [1.165, 1.54) is 0 Å². The molecular formula is C14H14ClN5O. The number of ether oxygens (including phenoxy) is 1. The van der Waals surface area contributed by atoms with Gasteiger partial charge in [0.25, 0.3) is 0 Å². The van der Waals surface area contributed by atoms with Crippen LogP contribution in [0.25, 0.3) is 5.65 Å². The first-order valence-corrected chi connectivity index (χ1v) is 7.27. The summed E-state index contributed by atoms with van der Waals surface area (Å²) in [5, 5.41) is 4.67. The van der Waals surface area contributed by atoms with Gasteiger partial charge in [-0.2, -0.15) is 5.10 Å². The van der Waals surface area contributed by atoms with Crippen molar-refractivity contribution in [2.45, 2.75) is 12.5 Å². The summed E-state index contributed by atoms with van der Waals surface area (Å²) in [6.07, 6.45) is 8.31. The third kappa shape index (κ3) is 2.30. The number of imidazole rings is 1. The summed E-state index contributed by atoms with van der Waals surface area (Å²) < 4.78 is 7.55. The largest absolute Gasteiger partial charge is 0.369 e. The van der Waals surface area contributed by atoms with Crippen molar-refractivity contribution in [3.8, 4) is 0 Å². The van der Waals surface area contributed by atoms with E-state index in [1.807, 2.05) is 18.3 Å². The number of halogens is 1. The van der Waals surface area contributed by atoms with Gasteiger partial charge in [0.05, 0.1) is 18.0 Å². The molecule has 1 saturated heterocycles. The van der Waals surface area contributed by atoms with Crippen LogP contribution in [0, 0.1) is 0 Å². The predicted octanol–water partition coefficient (Wildman–Crippen LogP) is 1.95. The summed E-state index contributed by atoms with van der Waals surface area (Å²) in [7, 11) is 0. The van der Waals surface area contributed by atoms with E-state index < -0.39 is 0 Å². The molecule has 2 aliphatic rings. The molecule has 21 heavy (non-hydrogen) atoms. The molecule has 0 aliphatic carbocycles. The van der Waals surface area contributed by atoms with Crippen LogP contribution in [-0.4, -0.2) is 46.1 Å². The Morgan fingerprint density at radius 2 is 2.33 bits per heavy atom. The first-order chi connectivity index (χ1) is 10.3. The molecule has 2 aliphatic heterocycles. The molecule has 7 heteroatoms. The Hall–Kier alpha value is -1.92. The molecule has 1 fully saturated rings. The molecule has 108 valence electrons. The third-order valence-corrected chi connectivity index (χ3v) is 3.95. The molecule has 6 nitrogen and oxygen atoms in total. The fourth-order valence-corrected chi connectivity index (χ4v) is 2.95. The lowest BCUT2D eigenvalue weighted by molar-refractivity contribution is 0.0833. The van der Waals surface area contributed by atoms with Gasteiger partial charge in [-0.15, -0.1) is 0 Å². The van der Waals surface area contributed by atoms with Gasteiger partial charge in [-0.3, -0.25) is 4.99 Å². The first kappa shape index (κ1) is 12.8. The molecular weight excluding hydrogens is 290 g/mol. The average molecular weight is 304 g/mol. The number of aliphatic imine (C=N–C) groups is 1. The first-order valence-electron chi connectivity index (χ1n) is 6.89. The Balaban J connectivity index is 1.66. The van der Waals surface area contributed by atoms with Crippen LogP contribution in [0.1, 0.15) is 6.42 Å². The molecule has 4 heterocycles. The van der Waals surface area contributed by atoms with Gasteiger partial charge in [0.2, 0.25) is 0 Å². The van der Waals surface area contributed by atoms with Gasteiger partial charge < -0.3 is 9.64 Å². The van der Waals surface area contributed by atoms with Gasteiger partial charge in [-0.25, -0.2) is 9.50 Å². The van der Waals surface area contributed by atoms with Crippen LogP contribution in [0.4, 0.5) is 5.69 Å². The fourth-order valence-electron chi connectivity index (χ4n) is 2.76. The molecule has 0 aromatic carbocycles. The maximum absolute atomic E-state index is 6.11. The highest BCUT2D eigenvalue weighted by Crippen LogP contribution is 2.25. The highest BCUT2D eigenvalue weighted by molar-refractivity contribution is 6.29. The normalized spacial score (nSPS) is 22.0. The van der Waals surface area contributed by atoms with E-state index in [-0.39, 0.29) is 6.10 Å². The molecule has 0 bridgehead atoms. The van der Waals surface area contributed by atoms with Gasteiger partial charge in [0.1, 0.15) is 6.10 Å². The lowest BCUT2D eigenvalue weighted by Crippen LogP contribution is -2.46. The molecule has 2 aromatic rings. The highest BCUT2D eigenvalue weighted by Gasteiger charge is 2.27. The predicted molar refractivity (Wildman–Crippen MR) is 81.1 cm³/mol. The number of anilines is 1. The van der Waals surface area contributed by atoms with Gasteiger partial charge in [0.15, 0.2) is 10.8 Å². The van der Waals surface area contributed by atoms with Crippen LogP contribution in [0.5, 0.6) is 0 Å². The van der Waals surface area contributed by atoms with Crippen molar-refractivity contribution < 1.29 is 4.74 Å². The number of hydrogen-bond donors (Lipinski definition) is 0. The van der Waals surface area contributed by atoms with Crippen molar-refractivity contribution >= 4 is 28.6 Å². The minimum Gasteiger partial charge on any atom is -0.369 e. The van der Waals surface area contributed by atoms with Crippen molar-refractivity contribution in [3.63, 3.8) is 0 Å². The molecule has 4 rings (SSSR count). The number of rotatable bonds is 2. The van der Waals surface area contributed by atoms with E-state index in [0.717, 1.165) is 36.6 Å². The lowest BCUT2D eigenvalue weighted by Gasteiger charge is -2.34. The maximum Gasteiger partial charge on any atom is 0.177 e. The Morgan fingerprint density at radius 3 is 3.19 bits per heavy atom. The Morgan fingerprint density at radius 1 is 1.38 bits per heavy atom. The fraction of sp³-hybridized carbons (Fsp3) is 0.357. The molecule has 0 amide bonds. The number of morpholine rings is 1. The summed E-state index contributed by atoms with van der Waals surface area (Å²) in [5.74, 6) is 0. The molecule has 0 N–H and O–H groups in total. The van der Waals surface area contributed by atoms with Gasteiger partial charge in [0, 0.05) is 44.2 Å². The molecule has 0 saturated carbocycles. The summed E-state index contributed by atoms with van der Waals surface area (Å²) in [6, 6.07) is 1.86. The van der Waals surface area contributed by atoms with Gasteiger partial charge in [-0.05, 0) is 0 Å². The minimum atomic E-state index is 0.0238. The van der Waals surface area contributed by atoms with Gasteiger partial charge >= 0.3 is 0 Å². The molecule has 0 radical (unpaired) electrons. The SMILES string of the molecule is Clc1cc(N2CCOC(C3=NC=CC3)C2)c2nccn2n1. The number of allylic oxidation sites excluding steroid dienone is 1. The monoisotopic (exact) mass is 303 g/mol. The summed E-state index contributed by atoms with van der Waals surface area (Å²) in [6.45, 7) is 2.22. The van der Waals surface area contributed by atoms with Crippen LogP contribution >= 0.6 is 11.6 Å². The zero-order valence-corrected chi connectivity index (χ0v) is 12.1. The standard InChI is InChI=1S/C14H14ClN5O/c15-13-8-11(14-17-4-5-20(14)18-13)19-6-7-21-12(9-19)10-2-1-3-16-10/h1,3-5,8,12H,2,6-7,9H2. The third-order valence-electron chi connectivity index (χ3n) is 3.76. The lowest BCUT2D eigenvalue weighted by atomic mass is 10.1. The highest BCUT2D eigenvalue weighted by atomic mass is 35.5. The van der Waals surface area contributed by atoms with E-state index in [1.54, 1.807) is 16.9 Å². The molecule has 2 aromatic heterocycles. The van der Waals surface area contributed by atoms with Crippen molar-refractivity contribution in [1.82, 2.24) is 14.6 Å². The van der Waals surface area contributed by atoms with Crippen LogP contribution in [0.2, 0.25) is 5.15 Å². The van der Waals surface area contributed by atoms with Crippen molar-refractivity contribution in [3.05, 3.63) is 35.9 Å². The zero-order chi connectivity index (χ0) is 14.2. The second-order valence-electron chi connectivity index (χ2n) is 5.06. The van der Waals surface area contributed by atoms with Crippen LogP contribution in [-0.2, 0) is 4.74 Å². The zero-order valence-electron chi connectivity index (χ0n) is 11.3. The average Bonchev–Trinajstić information content (AvgIpc) is 3.17. The Bertz CT molecular complexity index is 738. The molecule has 1 atom stereocenters. The number of aromatic nitrogens is 3. The second kappa shape index (κ2) is 5.13. The summed E-state index contributed by atoms with van der Waals surface area (Å²) >= 11 is 6.11. The molecule has 1 unspecified atom stereocenters. The number of fused-ring (bicyclic) bond motifs is 1. The van der Waals surface area contributed by atoms with Crippen molar-refractivity contribution in [2.75, 3.05) is 24.6 Å². The Kier molecular flexibility index (Phi) is 3.12. The summed E-state index contributed by atoms with van der Waals surface area (Å²) in [4.78, 5) is 11.0. The van der Waals surface area contributed by atoms with E-state index in [2.05, 4.69) is 20.0 Å². The van der Waals surface area contributed by atoms with Crippen molar-refractivity contribution in [2.24, 2.45) is 4.99 Å².